The highest BCUT2D eigenvalue weighted by Gasteiger charge is 1.96. The van der Waals surface area contributed by atoms with Crippen molar-refractivity contribution in [3.8, 4) is 5.88 Å². The van der Waals surface area contributed by atoms with Crippen LogP contribution in [0.4, 0.5) is 0 Å². The lowest BCUT2D eigenvalue weighted by molar-refractivity contribution is 0.143. The molecule has 0 spiro atoms. The summed E-state index contributed by atoms with van der Waals surface area (Å²) in [5.41, 5.74) is 0.737. The van der Waals surface area contributed by atoms with E-state index in [9.17, 15) is 0 Å². The van der Waals surface area contributed by atoms with Gasteiger partial charge in [-0.05, 0) is 0 Å². The first kappa shape index (κ1) is 10.2. The molecule has 0 N–H and O–H groups in total. The van der Waals surface area contributed by atoms with Crippen LogP contribution in [0.15, 0.2) is 12.4 Å². The van der Waals surface area contributed by atoms with E-state index in [1.807, 2.05) is 0 Å². The van der Waals surface area contributed by atoms with Gasteiger partial charge < -0.3 is 9.47 Å². The second-order valence-corrected chi connectivity index (χ2v) is 2.59. The molecule has 0 aliphatic carbocycles. The van der Waals surface area contributed by atoms with Crippen LogP contribution in [0.2, 0.25) is 0 Å². The Labute approximate surface area is 81.9 Å². The first-order valence-electron chi connectivity index (χ1n) is 3.85. The highest BCUT2D eigenvalue weighted by atomic mass is 35.5. The minimum Gasteiger partial charge on any atom is -0.474 e. The van der Waals surface area contributed by atoms with Gasteiger partial charge in [0.1, 0.15) is 6.61 Å². The SMILES string of the molecule is COCCOc1cnc(CCl)cn1. The summed E-state index contributed by atoms with van der Waals surface area (Å²) in [5.74, 6) is 0.858. The van der Waals surface area contributed by atoms with E-state index in [0.717, 1.165) is 5.69 Å². The van der Waals surface area contributed by atoms with E-state index < -0.39 is 0 Å². The third-order valence-electron chi connectivity index (χ3n) is 1.36. The predicted molar refractivity (Wildman–Crippen MR) is 49.0 cm³/mol. The van der Waals surface area contributed by atoms with Crippen molar-refractivity contribution in [2.24, 2.45) is 0 Å². The van der Waals surface area contributed by atoms with E-state index in [-0.39, 0.29) is 0 Å². The molecule has 0 amide bonds. The summed E-state index contributed by atoms with van der Waals surface area (Å²) in [5, 5.41) is 0. The lowest BCUT2D eigenvalue weighted by atomic mass is 10.5. The highest BCUT2D eigenvalue weighted by Crippen LogP contribution is 2.05. The molecule has 4 nitrogen and oxygen atoms in total. The summed E-state index contributed by atoms with van der Waals surface area (Å²) in [6, 6.07) is 0. The van der Waals surface area contributed by atoms with Gasteiger partial charge in [-0.1, -0.05) is 0 Å². The first-order chi connectivity index (χ1) is 6.36. The number of aromatic nitrogens is 2. The lowest BCUT2D eigenvalue weighted by Crippen LogP contribution is -2.05. The number of alkyl halides is 1. The molecule has 0 aliphatic rings. The molecule has 0 aliphatic heterocycles. The van der Waals surface area contributed by atoms with Crippen LogP contribution < -0.4 is 4.74 Å². The maximum Gasteiger partial charge on any atom is 0.232 e. The van der Waals surface area contributed by atoms with Crippen LogP contribution in [0.3, 0.4) is 0 Å². The standard InChI is InChI=1S/C8H11ClN2O2/c1-12-2-3-13-8-6-10-7(4-9)5-11-8/h5-6H,2-4H2,1H3. The molecular weight excluding hydrogens is 192 g/mol. The van der Waals surface area contributed by atoms with Crippen molar-refractivity contribution in [2.75, 3.05) is 20.3 Å². The minimum atomic E-state index is 0.366. The van der Waals surface area contributed by atoms with Gasteiger partial charge in [0.25, 0.3) is 0 Å². The lowest BCUT2D eigenvalue weighted by Gasteiger charge is -2.03. The van der Waals surface area contributed by atoms with Crippen molar-refractivity contribution in [1.82, 2.24) is 9.97 Å². The highest BCUT2D eigenvalue weighted by molar-refractivity contribution is 6.16. The maximum atomic E-state index is 5.54. The van der Waals surface area contributed by atoms with Crippen LogP contribution in [0.25, 0.3) is 0 Å². The minimum absolute atomic E-state index is 0.366. The molecule has 0 bridgehead atoms. The fourth-order valence-electron chi connectivity index (χ4n) is 0.716. The van der Waals surface area contributed by atoms with Gasteiger partial charge in [-0.25, -0.2) is 4.98 Å². The summed E-state index contributed by atoms with van der Waals surface area (Å²) >= 11 is 5.54. The molecule has 0 atom stereocenters. The van der Waals surface area contributed by atoms with Crippen molar-refractivity contribution in [1.29, 1.82) is 0 Å². The van der Waals surface area contributed by atoms with Gasteiger partial charge in [0.2, 0.25) is 5.88 Å². The molecule has 5 heteroatoms. The number of halogens is 1. The zero-order chi connectivity index (χ0) is 9.52. The van der Waals surface area contributed by atoms with Crippen LogP contribution >= 0.6 is 11.6 Å². The number of nitrogens with zero attached hydrogens (tertiary/aromatic N) is 2. The van der Waals surface area contributed by atoms with Gasteiger partial charge in [0.05, 0.1) is 30.6 Å². The molecule has 1 aromatic heterocycles. The van der Waals surface area contributed by atoms with Crippen molar-refractivity contribution in [2.45, 2.75) is 5.88 Å². The number of hydrogen-bond donors (Lipinski definition) is 0. The molecule has 1 aromatic rings. The molecule has 1 rings (SSSR count). The van der Waals surface area contributed by atoms with Crippen LogP contribution in [-0.2, 0) is 10.6 Å². The van der Waals surface area contributed by atoms with Crippen LogP contribution in [0, 0.1) is 0 Å². The first-order valence-corrected chi connectivity index (χ1v) is 4.39. The Morgan fingerprint density at radius 2 is 2.15 bits per heavy atom. The molecule has 0 fully saturated rings. The van der Waals surface area contributed by atoms with Crippen LogP contribution in [0.5, 0.6) is 5.88 Å². The van der Waals surface area contributed by atoms with Crippen molar-refractivity contribution in [3.05, 3.63) is 18.1 Å². The third kappa shape index (κ3) is 3.57. The van der Waals surface area contributed by atoms with E-state index in [4.69, 9.17) is 21.1 Å². The summed E-state index contributed by atoms with van der Waals surface area (Å²) in [6.07, 6.45) is 3.14. The molecule has 0 radical (unpaired) electrons. The number of methoxy groups -OCH3 is 1. The summed E-state index contributed by atoms with van der Waals surface area (Å²) in [6.45, 7) is 1.02. The van der Waals surface area contributed by atoms with Gasteiger partial charge in [-0.2, -0.15) is 0 Å². The largest absolute Gasteiger partial charge is 0.474 e. The van der Waals surface area contributed by atoms with Gasteiger partial charge in [-0.3, -0.25) is 4.98 Å². The average Bonchev–Trinajstić information content (AvgIpc) is 2.19. The molecule has 0 saturated carbocycles. The van der Waals surface area contributed by atoms with Crippen LogP contribution in [0.1, 0.15) is 5.69 Å². The summed E-state index contributed by atoms with van der Waals surface area (Å²) in [4.78, 5) is 8.01. The zero-order valence-corrected chi connectivity index (χ0v) is 8.12. The van der Waals surface area contributed by atoms with Crippen molar-refractivity contribution >= 4 is 11.6 Å². The Balaban J connectivity index is 2.40. The second-order valence-electron chi connectivity index (χ2n) is 2.32. The Hall–Kier alpha value is -0.870. The number of hydrogen-bond acceptors (Lipinski definition) is 4. The fraction of sp³-hybridized carbons (Fsp3) is 0.500. The molecular formula is C8H11ClN2O2. The van der Waals surface area contributed by atoms with E-state index in [0.29, 0.717) is 25.0 Å². The smallest absolute Gasteiger partial charge is 0.232 e. The second kappa shape index (κ2) is 5.72. The Morgan fingerprint density at radius 3 is 2.69 bits per heavy atom. The number of rotatable bonds is 5. The van der Waals surface area contributed by atoms with E-state index in [2.05, 4.69) is 9.97 Å². The van der Waals surface area contributed by atoms with E-state index >= 15 is 0 Å². The topological polar surface area (TPSA) is 44.2 Å². The molecule has 1 heterocycles. The monoisotopic (exact) mass is 202 g/mol. The van der Waals surface area contributed by atoms with E-state index in [1.54, 1.807) is 19.5 Å². The molecule has 0 aromatic carbocycles. The van der Waals surface area contributed by atoms with Crippen LogP contribution in [-0.4, -0.2) is 30.3 Å². The molecule has 72 valence electrons. The van der Waals surface area contributed by atoms with Crippen molar-refractivity contribution in [3.63, 3.8) is 0 Å². The molecule has 0 saturated heterocycles. The predicted octanol–water partition coefficient (Wildman–Crippen LogP) is 1.24. The summed E-state index contributed by atoms with van der Waals surface area (Å²) in [7, 11) is 1.62. The van der Waals surface area contributed by atoms with Crippen molar-refractivity contribution < 1.29 is 9.47 Å². The molecule has 0 unspecified atom stereocenters. The Morgan fingerprint density at radius 1 is 1.31 bits per heavy atom. The Kier molecular flexibility index (Phi) is 4.49. The van der Waals surface area contributed by atoms with E-state index in [1.165, 1.54) is 0 Å². The Bertz CT molecular complexity index is 240. The molecule has 13 heavy (non-hydrogen) atoms. The summed E-state index contributed by atoms with van der Waals surface area (Å²) < 4.78 is 10.0. The zero-order valence-electron chi connectivity index (χ0n) is 7.36. The van der Waals surface area contributed by atoms with Gasteiger partial charge in [-0.15, -0.1) is 11.6 Å². The van der Waals surface area contributed by atoms with Gasteiger partial charge in [0.15, 0.2) is 0 Å². The maximum absolute atomic E-state index is 5.54. The third-order valence-corrected chi connectivity index (χ3v) is 1.63. The average molecular weight is 203 g/mol. The fourth-order valence-corrected chi connectivity index (χ4v) is 0.854. The normalized spacial score (nSPS) is 10.0. The van der Waals surface area contributed by atoms with Gasteiger partial charge in [0, 0.05) is 7.11 Å². The van der Waals surface area contributed by atoms with Gasteiger partial charge >= 0.3 is 0 Å². The number of ether oxygens (including phenoxy) is 2. The quantitative estimate of drug-likeness (QED) is 0.532.